The fourth-order valence-corrected chi connectivity index (χ4v) is 3.00. The maximum atomic E-state index is 12.2. The Hall–Kier alpha value is -0.580. The molecule has 0 radical (unpaired) electrons. The molecule has 0 aromatic carbocycles. The first-order chi connectivity index (χ1) is 7.72. The first-order valence-corrected chi connectivity index (χ1v) is 6.63. The molecule has 0 bridgehead atoms. The van der Waals surface area contributed by atoms with Crippen LogP contribution in [-0.4, -0.2) is 30.4 Å². The molecule has 0 unspecified atom stereocenters. The molecule has 3 nitrogen and oxygen atoms in total. The Labute approximate surface area is 112 Å². The van der Waals surface area contributed by atoms with Crippen LogP contribution < -0.4 is 5.73 Å². The number of hydrogen-bond donors (Lipinski definition) is 1. The summed E-state index contributed by atoms with van der Waals surface area (Å²) in [5.74, 6) is 0.802. The van der Waals surface area contributed by atoms with Crippen molar-refractivity contribution in [2.75, 3.05) is 19.6 Å². The van der Waals surface area contributed by atoms with E-state index >= 15 is 0 Å². The third-order valence-corrected chi connectivity index (χ3v) is 4.30. The van der Waals surface area contributed by atoms with E-state index in [2.05, 4.69) is 0 Å². The summed E-state index contributed by atoms with van der Waals surface area (Å²) < 4.78 is 0. The van der Waals surface area contributed by atoms with E-state index in [9.17, 15) is 4.79 Å². The number of hydrogen-bond acceptors (Lipinski definition) is 3. The van der Waals surface area contributed by atoms with Crippen LogP contribution in [0.2, 0.25) is 0 Å². The van der Waals surface area contributed by atoms with E-state index in [4.69, 9.17) is 5.73 Å². The monoisotopic (exact) mass is 274 g/mol. The molecule has 1 aromatic rings. The highest BCUT2D eigenvalue weighted by atomic mass is 35.5. The first-order valence-electron chi connectivity index (χ1n) is 5.76. The van der Waals surface area contributed by atoms with Crippen LogP contribution >= 0.6 is 23.7 Å². The molecule has 5 heteroatoms. The molecule has 0 aliphatic carbocycles. The summed E-state index contributed by atoms with van der Waals surface area (Å²) in [6.45, 7) is 4.46. The van der Waals surface area contributed by atoms with Gasteiger partial charge in [-0.25, -0.2) is 0 Å². The number of likely N-dealkylation sites (tertiary alicyclic amines) is 1. The van der Waals surface area contributed by atoms with Gasteiger partial charge in [0.15, 0.2) is 0 Å². The van der Waals surface area contributed by atoms with Crippen LogP contribution in [-0.2, 0) is 0 Å². The highest BCUT2D eigenvalue weighted by Crippen LogP contribution is 2.22. The number of amides is 1. The van der Waals surface area contributed by atoms with E-state index in [-0.39, 0.29) is 18.3 Å². The largest absolute Gasteiger partial charge is 0.338 e. The molecule has 0 atom stereocenters. The lowest BCUT2D eigenvalue weighted by Crippen LogP contribution is -2.39. The Kier molecular flexibility index (Phi) is 5.43. The summed E-state index contributed by atoms with van der Waals surface area (Å²) in [7, 11) is 0. The Balaban J connectivity index is 0.00000144. The van der Waals surface area contributed by atoms with E-state index in [1.165, 1.54) is 0 Å². The highest BCUT2D eigenvalue weighted by Gasteiger charge is 2.24. The molecule has 17 heavy (non-hydrogen) atoms. The fraction of sp³-hybridized carbons (Fsp3) is 0.583. The normalized spacial score (nSPS) is 16.7. The number of carbonyl (C=O) groups is 1. The molecular weight excluding hydrogens is 256 g/mol. The molecule has 0 saturated carbocycles. The quantitative estimate of drug-likeness (QED) is 0.899. The van der Waals surface area contributed by atoms with Crippen molar-refractivity contribution >= 4 is 29.7 Å². The SMILES string of the molecule is Cc1ccsc1C(=O)N1CCC(CN)CC1.Cl. The number of aryl methyl sites for hydroxylation is 1. The van der Waals surface area contributed by atoms with Gasteiger partial charge in [-0.05, 0) is 49.2 Å². The molecule has 2 heterocycles. The summed E-state index contributed by atoms with van der Waals surface area (Å²) in [6.07, 6.45) is 2.10. The van der Waals surface area contributed by atoms with Gasteiger partial charge in [0.05, 0.1) is 4.88 Å². The van der Waals surface area contributed by atoms with Crippen molar-refractivity contribution in [3.05, 3.63) is 21.9 Å². The van der Waals surface area contributed by atoms with Crippen LogP contribution in [0, 0.1) is 12.8 Å². The zero-order chi connectivity index (χ0) is 11.5. The van der Waals surface area contributed by atoms with Crippen molar-refractivity contribution in [1.82, 2.24) is 4.90 Å². The lowest BCUT2D eigenvalue weighted by Gasteiger charge is -2.31. The maximum Gasteiger partial charge on any atom is 0.264 e. The minimum absolute atomic E-state index is 0. The molecule has 96 valence electrons. The second-order valence-electron chi connectivity index (χ2n) is 4.40. The first kappa shape index (κ1) is 14.5. The predicted molar refractivity (Wildman–Crippen MR) is 74.0 cm³/mol. The molecule has 2 rings (SSSR count). The Morgan fingerprint density at radius 3 is 2.65 bits per heavy atom. The zero-order valence-corrected chi connectivity index (χ0v) is 11.6. The lowest BCUT2D eigenvalue weighted by atomic mass is 9.97. The number of thiophene rings is 1. The van der Waals surface area contributed by atoms with Crippen molar-refractivity contribution in [3.8, 4) is 0 Å². The van der Waals surface area contributed by atoms with Gasteiger partial charge < -0.3 is 10.6 Å². The minimum Gasteiger partial charge on any atom is -0.338 e. The Morgan fingerprint density at radius 2 is 2.18 bits per heavy atom. The van der Waals surface area contributed by atoms with Crippen LogP contribution in [0.3, 0.4) is 0 Å². The van der Waals surface area contributed by atoms with Gasteiger partial charge in [0.25, 0.3) is 5.91 Å². The van der Waals surface area contributed by atoms with Crippen molar-refractivity contribution < 1.29 is 4.79 Å². The van der Waals surface area contributed by atoms with Crippen LogP contribution in [0.15, 0.2) is 11.4 Å². The molecule has 1 saturated heterocycles. The number of halogens is 1. The summed E-state index contributed by atoms with van der Waals surface area (Å²) in [6, 6.07) is 2.00. The van der Waals surface area contributed by atoms with Crippen LogP contribution in [0.5, 0.6) is 0 Å². The van der Waals surface area contributed by atoms with E-state index in [0.29, 0.717) is 5.92 Å². The third kappa shape index (κ3) is 3.21. The average molecular weight is 275 g/mol. The van der Waals surface area contributed by atoms with Crippen molar-refractivity contribution in [1.29, 1.82) is 0 Å². The van der Waals surface area contributed by atoms with E-state index in [1.807, 2.05) is 23.3 Å². The van der Waals surface area contributed by atoms with Crippen molar-refractivity contribution in [2.45, 2.75) is 19.8 Å². The van der Waals surface area contributed by atoms with Gasteiger partial charge in [-0.3, -0.25) is 4.79 Å². The summed E-state index contributed by atoms with van der Waals surface area (Å²) in [5.41, 5.74) is 6.74. The molecule has 0 spiro atoms. The lowest BCUT2D eigenvalue weighted by molar-refractivity contribution is 0.0697. The fourth-order valence-electron chi connectivity index (χ4n) is 2.11. The molecule has 1 fully saturated rings. The second kappa shape index (κ2) is 6.38. The number of rotatable bonds is 2. The van der Waals surface area contributed by atoms with Gasteiger partial charge in [0, 0.05) is 13.1 Å². The molecule has 1 amide bonds. The number of piperidine rings is 1. The van der Waals surface area contributed by atoms with Gasteiger partial charge in [0.2, 0.25) is 0 Å². The zero-order valence-electron chi connectivity index (χ0n) is 10.0. The Bertz CT molecular complexity index is 372. The van der Waals surface area contributed by atoms with E-state index < -0.39 is 0 Å². The molecule has 1 aliphatic heterocycles. The van der Waals surface area contributed by atoms with Crippen LogP contribution in [0.4, 0.5) is 0 Å². The number of nitrogens with zero attached hydrogens (tertiary/aromatic N) is 1. The summed E-state index contributed by atoms with van der Waals surface area (Å²) in [4.78, 5) is 15.0. The maximum absolute atomic E-state index is 12.2. The van der Waals surface area contributed by atoms with E-state index in [1.54, 1.807) is 11.3 Å². The molecule has 1 aliphatic rings. The number of nitrogens with two attached hydrogens (primary N) is 1. The van der Waals surface area contributed by atoms with Gasteiger partial charge in [-0.1, -0.05) is 0 Å². The van der Waals surface area contributed by atoms with Gasteiger partial charge in [-0.2, -0.15) is 0 Å². The van der Waals surface area contributed by atoms with Gasteiger partial charge in [-0.15, -0.1) is 23.7 Å². The summed E-state index contributed by atoms with van der Waals surface area (Å²) in [5, 5.41) is 1.98. The van der Waals surface area contributed by atoms with Gasteiger partial charge >= 0.3 is 0 Å². The smallest absolute Gasteiger partial charge is 0.264 e. The van der Waals surface area contributed by atoms with Crippen molar-refractivity contribution in [3.63, 3.8) is 0 Å². The second-order valence-corrected chi connectivity index (χ2v) is 5.32. The third-order valence-electron chi connectivity index (χ3n) is 3.29. The minimum atomic E-state index is 0. The standard InChI is InChI=1S/C12H18N2OS.ClH/c1-9-4-7-16-11(9)12(15)14-5-2-10(8-13)3-6-14;/h4,7,10H,2-3,5-6,8,13H2,1H3;1H. The van der Waals surface area contributed by atoms with Crippen molar-refractivity contribution in [2.24, 2.45) is 11.7 Å². The predicted octanol–water partition coefficient (Wildman–Crippen LogP) is 2.29. The Morgan fingerprint density at radius 1 is 1.53 bits per heavy atom. The average Bonchev–Trinajstić information content (AvgIpc) is 2.75. The number of carbonyl (C=O) groups excluding carboxylic acids is 1. The summed E-state index contributed by atoms with van der Waals surface area (Å²) >= 11 is 1.54. The molecular formula is C12H19ClN2OS. The van der Waals surface area contributed by atoms with Crippen LogP contribution in [0.1, 0.15) is 28.1 Å². The topological polar surface area (TPSA) is 46.3 Å². The van der Waals surface area contributed by atoms with Crippen LogP contribution in [0.25, 0.3) is 0 Å². The molecule has 2 N–H and O–H groups in total. The molecule has 1 aromatic heterocycles. The van der Waals surface area contributed by atoms with E-state index in [0.717, 1.165) is 42.9 Å². The highest BCUT2D eigenvalue weighted by molar-refractivity contribution is 7.12. The van der Waals surface area contributed by atoms with Gasteiger partial charge in [0.1, 0.15) is 0 Å².